The SMILES string of the molecule is CCOc1c(Cl)cccc1NC(=O)CCNC(=O)c1cccs1. The Kier molecular flexibility index (Phi) is 6.43. The number of amides is 2. The third-order valence-corrected chi connectivity index (χ3v) is 4.08. The second-order valence-electron chi connectivity index (χ2n) is 4.58. The van der Waals surface area contributed by atoms with Gasteiger partial charge in [-0.15, -0.1) is 11.3 Å². The number of nitrogens with one attached hydrogen (secondary N) is 2. The third-order valence-electron chi connectivity index (χ3n) is 2.91. The number of halogens is 1. The van der Waals surface area contributed by atoms with Crippen LogP contribution in [0.5, 0.6) is 5.75 Å². The summed E-state index contributed by atoms with van der Waals surface area (Å²) in [7, 11) is 0. The molecule has 2 rings (SSSR count). The Morgan fingerprint density at radius 3 is 2.78 bits per heavy atom. The highest BCUT2D eigenvalue weighted by Crippen LogP contribution is 2.32. The Hall–Kier alpha value is -2.05. The van der Waals surface area contributed by atoms with Crippen molar-refractivity contribution in [2.75, 3.05) is 18.5 Å². The molecule has 2 N–H and O–H groups in total. The molecule has 23 heavy (non-hydrogen) atoms. The Morgan fingerprint density at radius 1 is 1.26 bits per heavy atom. The Balaban J connectivity index is 1.85. The molecule has 2 aromatic rings. The average Bonchev–Trinajstić information content (AvgIpc) is 3.05. The van der Waals surface area contributed by atoms with Gasteiger partial charge < -0.3 is 15.4 Å². The molecule has 0 aliphatic heterocycles. The van der Waals surface area contributed by atoms with Crippen molar-refractivity contribution >= 4 is 40.4 Å². The van der Waals surface area contributed by atoms with Crippen LogP contribution in [0.25, 0.3) is 0 Å². The number of rotatable bonds is 7. The topological polar surface area (TPSA) is 67.4 Å². The second kappa shape index (κ2) is 8.55. The van der Waals surface area contributed by atoms with Gasteiger partial charge in [-0.2, -0.15) is 0 Å². The van der Waals surface area contributed by atoms with Gasteiger partial charge in [0.2, 0.25) is 5.91 Å². The van der Waals surface area contributed by atoms with Crippen LogP contribution in [0.1, 0.15) is 23.0 Å². The molecule has 0 saturated carbocycles. The highest BCUT2D eigenvalue weighted by Gasteiger charge is 2.12. The second-order valence-corrected chi connectivity index (χ2v) is 5.94. The van der Waals surface area contributed by atoms with Crippen LogP contribution in [-0.4, -0.2) is 25.0 Å². The summed E-state index contributed by atoms with van der Waals surface area (Å²) in [6, 6.07) is 8.70. The smallest absolute Gasteiger partial charge is 0.261 e. The molecule has 1 heterocycles. The van der Waals surface area contributed by atoms with Gasteiger partial charge in [-0.1, -0.05) is 23.7 Å². The lowest BCUT2D eigenvalue weighted by molar-refractivity contribution is -0.116. The summed E-state index contributed by atoms with van der Waals surface area (Å²) in [5.74, 6) is 0.0536. The predicted molar refractivity (Wildman–Crippen MR) is 92.5 cm³/mol. The molecule has 0 aliphatic carbocycles. The molecule has 0 fully saturated rings. The van der Waals surface area contributed by atoms with Crippen molar-refractivity contribution in [1.29, 1.82) is 0 Å². The van der Waals surface area contributed by atoms with Gasteiger partial charge in [0.25, 0.3) is 5.91 Å². The number of benzene rings is 1. The van der Waals surface area contributed by atoms with Gasteiger partial charge in [-0.3, -0.25) is 9.59 Å². The van der Waals surface area contributed by atoms with Crippen LogP contribution < -0.4 is 15.4 Å². The molecule has 2 amide bonds. The quantitative estimate of drug-likeness (QED) is 0.800. The number of hydrogen-bond acceptors (Lipinski definition) is 4. The van der Waals surface area contributed by atoms with Crippen LogP contribution in [0.4, 0.5) is 5.69 Å². The fourth-order valence-corrected chi connectivity index (χ4v) is 2.76. The fourth-order valence-electron chi connectivity index (χ4n) is 1.90. The summed E-state index contributed by atoms with van der Waals surface area (Å²) >= 11 is 7.42. The summed E-state index contributed by atoms with van der Waals surface area (Å²) in [6.45, 7) is 2.55. The Bertz CT molecular complexity index is 674. The van der Waals surface area contributed by atoms with Crippen LogP contribution >= 0.6 is 22.9 Å². The van der Waals surface area contributed by atoms with Gasteiger partial charge in [0.1, 0.15) is 0 Å². The largest absolute Gasteiger partial charge is 0.490 e. The van der Waals surface area contributed by atoms with E-state index >= 15 is 0 Å². The van der Waals surface area contributed by atoms with Gasteiger partial charge in [0.05, 0.1) is 22.2 Å². The molecule has 7 heteroatoms. The first-order valence-corrected chi connectivity index (χ1v) is 8.40. The molecule has 5 nitrogen and oxygen atoms in total. The van der Waals surface area contributed by atoms with Crippen molar-refractivity contribution in [2.45, 2.75) is 13.3 Å². The highest BCUT2D eigenvalue weighted by atomic mass is 35.5. The van der Waals surface area contributed by atoms with Crippen molar-refractivity contribution in [2.24, 2.45) is 0 Å². The number of carbonyl (C=O) groups excluding carboxylic acids is 2. The van der Waals surface area contributed by atoms with Gasteiger partial charge in [-0.25, -0.2) is 0 Å². The van der Waals surface area contributed by atoms with E-state index < -0.39 is 0 Å². The summed E-state index contributed by atoms with van der Waals surface area (Å²) in [5.41, 5.74) is 0.522. The van der Waals surface area contributed by atoms with E-state index in [1.54, 1.807) is 30.3 Å². The first kappa shape index (κ1) is 17.3. The Morgan fingerprint density at radius 2 is 2.09 bits per heavy atom. The molecule has 0 atom stereocenters. The number of anilines is 1. The fraction of sp³-hybridized carbons (Fsp3) is 0.250. The lowest BCUT2D eigenvalue weighted by Crippen LogP contribution is -2.27. The first-order chi connectivity index (χ1) is 11.1. The summed E-state index contributed by atoms with van der Waals surface area (Å²) in [6.07, 6.45) is 0.162. The lowest BCUT2D eigenvalue weighted by atomic mass is 10.2. The van der Waals surface area contributed by atoms with E-state index in [1.165, 1.54) is 11.3 Å². The van der Waals surface area contributed by atoms with E-state index in [9.17, 15) is 9.59 Å². The van der Waals surface area contributed by atoms with Crippen LogP contribution in [0, 0.1) is 0 Å². The van der Waals surface area contributed by atoms with Crippen molar-refractivity contribution in [3.63, 3.8) is 0 Å². The minimum atomic E-state index is -0.223. The van der Waals surface area contributed by atoms with Gasteiger partial charge in [0.15, 0.2) is 5.75 Å². The van der Waals surface area contributed by atoms with Gasteiger partial charge in [0, 0.05) is 13.0 Å². The van der Waals surface area contributed by atoms with Crippen LogP contribution in [0.3, 0.4) is 0 Å². The zero-order valence-corrected chi connectivity index (χ0v) is 14.2. The van der Waals surface area contributed by atoms with Gasteiger partial charge in [-0.05, 0) is 30.5 Å². The summed E-state index contributed by atoms with van der Waals surface area (Å²) in [4.78, 5) is 24.4. The normalized spacial score (nSPS) is 10.2. The molecule has 0 bridgehead atoms. The molecule has 0 aliphatic rings. The molecule has 0 spiro atoms. The number of thiophene rings is 1. The van der Waals surface area contributed by atoms with Crippen molar-refractivity contribution < 1.29 is 14.3 Å². The standard InChI is InChI=1S/C16H17ClN2O3S/c1-2-22-15-11(17)5-3-6-12(15)19-14(20)8-9-18-16(21)13-7-4-10-23-13/h3-7,10H,2,8-9H2,1H3,(H,18,21)(H,19,20). The number of carbonyl (C=O) groups is 2. The average molecular weight is 353 g/mol. The van der Waals surface area contributed by atoms with E-state index in [1.807, 2.05) is 12.3 Å². The predicted octanol–water partition coefficient (Wildman–Crippen LogP) is 3.56. The third kappa shape index (κ3) is 4.97. The first-order valence-electron chi connectivity index (χ1n) is 7.14. The van der Waals surface area contributed by atoms with Crippen LogP contribution in [0.15, 0.2) is 35.7 Å². The maximum Gasteiger partial charge on any atom is 0.261 e. The molecule has 0 radical (unpaired) electrons. The summed E-state index contributed by atoms with van der Waals surface area (Å²) < 4.78 is 5.45. The van der Waals surface area contributed by atoms with Crippen LogP contribution in [-0.2, 0) is 4.79 Å². The van der Waals surface area contributed by atoms with E-state index in [0.29, 0.717) is 27.9 Å². The minimum Gasteiger partial charge on any atom is -0.490 e. The minimum absolute atomic E-state index is 0.162. The zero-order chi connectivity index (χ0) is 16.7. The maximum atomic E-state index is 12.0. The van der Waals surface area contributed by atoms with Crippen molar-refractivity contribution in [1.82, 2.24) is 5.32 Å². The molecule has 1 aromatic carbocycles. The van der Waals surface area contributed by atoms with Crippen molar-refractivity contribution in [3.8, 4) is 5.75 Å². The van der Waals surface area contributed by atoms with Gasteiger partial charge >= 0.3 is 0 Å². The highest BCUT2D eigenvalue weighted by molar-refractivity contribution is 7.12. The van der Waals surface area contributed by atoms with E-state index in [-0.39, 0.29) is 24.8 Å². The number of para-hydroxylation sites is 1. The Labute approximate surface area is 143 Å². The van der Waals surface area contributed by atoms with E-state index in [2.05, 4.69) is 10.6 Å². The summed E-state index contributed by atoms with van der Waals surface area (Å²) in [5, 5.41) is 7.72. The monoisotopic (exact) mass is 352 g/mol. The van der Waals surface area contributed by atoms with Crippen molar-refractivity contribution in [3.05, 3.63) is 45.6 Å². The number of hydrogen-bond donors (Lipinski definition) is 2. The lowest BCUT2D eigenvalue weighted by Gasteiger charge is -2.13. The zero-order valence-electron chi connectivity index (χ0n) is 12.6. The van der Waals surface area contributed by atoms with E-state index in [4.69, 9.17) is 16.3 Å². The molecule has 1 aromatic heterocycles. The van der Waals surface area contributed by atoms with Crippen LogP contribution in [0.2, 0.25) is 5.02 Å². The molecule has 122 valence electrons. The molecular weight excluding hydrogens is 336 g/mol. The number of ether oxygens (including phenoxy) is 1. The van der Waals surface area contributed by atoms with E-state index in [0.717, 1.165) is 0 Å². The molecular formula is C16H17ClN2O3S. The maximum absolute atomic E-state index is 12.0. The molecule has 0 saturated heterocycles. The molecule has 0 unspecified atom stereocenters.